The molecule has 0 aliphatic heterocycles. The maximum absolute atomic E-state index is 13.3. The van der Waals surface area contributed by atoms with Gasteiger partial charge in [-0.25, -0.2) is 4.39 Å². The topological polar surface area (TPSA) is 93.5 Å². The Bertz CT molecular complexity index is 867. The molecule has 0 bridgehead atoms. The number of ether oxygens (including phenoxy) is 1. The van der Waals surface area contributed by atoms with Crippen LogP contribution >= 0.6 is 11.6 Å². The summed E-state index contributed by atoms with van der Waals surface area (Å²) in [5.74, 6) is -0.673. The third-order valence-electron chi connectivity index (χ3n) is 3.67. The number of aromatic nitrogens is 1. The Kier molecular flexibility index (Phi) is 7.57. The summed E-state index contributed by atoms with van der Waals surface area (Å²) in [5, 5.41) is 8.89. The molecule has 150 valence electrons. The molecular formula is C19H21ClFN3O4. The minimum absolute atomic E-state index is 0.0184. The van der Waals surface area contributed by atoms with E-state index in [1.807, 2.05) is 13.8 Å². The van der Waals surface area contributed by atoms with Crippen LogP contribution in [0.2, 0.25) is 5.02 Å². The molecule has 2 rings (SSSR count). The van der Waals surface area contributed by atoms with Gasteiger partial charge in [-0.3, -0.25) is 9.59 Å². The van der Waals surface area contributed by atoms with Crippen molar-refractivity contribution >= 4 is 23.4 Å². The van der Waals surface area contributed by atoms with Crippen molar-refractivity contribution in [2.24, 2.45) is 0 Å². The van der Waals surface area contributed by atoms with E-state index in [-0.39, 0.29) is 35.7 Å². The maximum atomic E-state index is 13.3. The molecule has 0 aliphatic rings. The number of halogens is 2. The van der Waals surface area contributed by atoms with E-state index >= 15 is 0 Å². The summed E-state index contributed by atoms with van der Waals surface area (Å²) < 4.78 is 23.6. The molecule has 0 aliphatic carbocycles. The van der Waals surface area contributed by atoms with Gasteiger partial charge in [0.1, 0.15) is 17.1 Å². The Morgan fingerprint density at radius 2 is 2.14 bits per heavy atom. The number of carbonyl (C=O) groups excluding carboxylic acids is 2. The number of hydrogen-bond acceptors (Lipinski definition) is 5. The monoisotopic (exact) mass is 409 g/mol. The van der Waals surface area contributed by atoms with Gasteiger partial charge in [-0.1, -0.05) is 37.2 Å². The first-order valence-electron chi connectivity index (χ1n) is 8.56. The van der Waals surface area contributed by atoms with Crippen molar-refractivity contribution in [1.29, 1.82) is 0 Å². The quantitative estimate of drug-likeness (QED) is 0.661. The van der Waals surface area contributed by atoms with Crippen LogP contribution in [0.4, 0.5) is 4.39 Å². The van der Waals surface area contributed by atoms with Gasteiger partial charge in [0.05, 0.1) is 11.2 Å². The van der Waals surface area contributed by atoms with Gasteiger partial charge < -0.3 is 19.9 Å². The first-order valence-corrected chi connectivity index (χ1v) is 8.94. The largest absolute Gasteiger partial charge is 0.484 e. The van der Waals surface area contributed by atoms with Crippen LogP contribution in [-0.2, 0) is 4.79 Å². The summed E-state index contributed by atoms with van der Waals surface area (Å²) in [6.07, 6.45) is 1.69. The Hall–Kier alpha value is -2.87. The SMILES string of the molecule is C=C(CCNC(=O)COc1ccc(Cl)c(F)c1)NC(=O)c1cnoc1C(C)C. The summed E-state index contributed by atoms with van der Waals surface area (Å²) >= 11 is 5.58. The molecule has 0 saturated heterocycles. The minimum atomic E-state index is -0.625. The number of benzene rings is 1. The lowest BCUT2D eigenvalue weighted by Crippen LogP contribution is -2.31. The average molecular weight is 410 g/mol. The Morgan fingerprint density at radius 1 is 1.39 bits per heavy atom. The van der Waals surface area contributed by atoms with Gasteiger partial charge in [0.15, 0.2) is 12.4 Å². The van der Waals surface area contributed by atoms with Gasteiger partial charge in [-0.05, 0) is 12.1 Å². The zero-order valence-corrected chi connectivity index (χ0v) is 16.3. The van der Waals surface area contributed by atoms with Crippen LogP contribution < -0.4 is 15.4 Å². The normalized spacial score (nSPS) is 10.6. The van der Waals surface area contributed by atoms with Crippen molar-refractivity contribution in [3.63, 3.8) is 0 Å². The number of amides is 2. The highest BCUT2D eigenvalue weighted by atomic mass is 35.5. The highest BCUT2D eigenvalue weighted by Gasteiger charge is 2.19. The Labute approximate surface area is 166 Å². The number of nitrogens with one attached hydrogen (secondary N) is 2. The molecule has 0 saturated carbocycles. The third kappa shape index (κ3) is 6.09. The van der Waals surface area contributed by atoms with Crippen LogP contribution in [0.1, 0.15) is 42.3 Å². The van der Waals surface area contributed by atoms with Gasteiger partial charge in [-0.2, -0.15) is 0 Å². The van der Waals surface area contributed by atoms with E-state index in [1.54, 1.807) is 0 Å². The summed E-state index contributed by atoms with van der Waals surface area (Å²) in [4.78, 5) is 24.0. The molecule has 1 aromatic heterocycles. The molecular weight excluding hydrogens is 389 g/mol. The summed E-state index contributed by atoms with van der Waals surface area (Å²) in [5.41, 5.74) is 0.783. The molecule has 0 fully saturated rings. The molecule has 1 aromatic carbocycles. The molecule has 1 heterocycles. The number of nitrogens with zero attached hydrogens (tertiary/aromatic N) is 1. The predicted octanol–water partition coefficient (Wildman–Crippen LogP) is 3.42. The van der Waals surface area contributed by atoms with E-state index in [0.29, 0.717) is 23.4 Å². The van der Waals surface area contributed by atoms with Gasteiger partial charge in [0.25, 0.3) is 11.8 Å². The molecule has 0 atom stereocenters. The van der Waals surface area contributed by atoms with Gasteiger partial charge in [0.2, 0.25) is 0 Å². The van der Waals surface area contributed by atoms with Crippen LogP contribution in [0.3, 0.4) is 0 Å². The highest BCUT2D eigenvalue weighted by molar-refractivity contribution is 6.30. The number of carbonyl (C=O) groups is 2. The molecule has 7 nitrogen and oxygen atoms in total. The van der Waals surface area contributed by atoms with Crippen LogP contribution in [0.5, 0.6) is 5.75 Å². The van der Waals surface area contributed by atoms with Gasteiger partial charge >= 0.3 is 0 Å². The lowest BCUT2D eigenvalue weighted by molar-refractivity contribution is -0.123. The maximum Gasteiger partial charge on any atom is 0.260 e. The van der Waals surface area contributed by atoms with E-state index in [1.165, 1.54) is 18.3 Å². The van der Waals surface area contributed by atoms with E-state index in [9.17, 15) is 14.0 Å². The predicted molar refractivity (Wildman–Crippen MR) is 102 cm³/mol. The van der Waals surface area contributed by atoms with Crippen molar-refractivity contribution in [3.05, 3.63) is 58.8 Å². The Balaban J connectivity index is 1.71. The van der Waals surface area contributed by atoms with Crippen molar-refractivity contribution < 1.29 is 23.2 Å². The van der Waals surface area contributed by atoms with Crippen LogP contribution in [0.15, 0.2) is 41.2 Å². The average Bonchev–Trinajstić information content (AvgIpc) is 3.13. The second-order valence-electron chi connectivity index (χ2n) is 6.28. The first-order chi connectivity index (χ1) is 13.3. The zero-order valence-electron chi connectivity index (χ0n) is 15.6. The van der Waals surface area contributed by atoms with E-state index in [4.69, 9.17) is 20.9 Å². The second kappa shape index (κ2) is 9.89. The van der Waals surface area contributed by atoms with Gasteiger partial charge in [-0.15, -0.1) is 0 Å². The van der Waals surface area contributed by atoms with Crippen molar-refractivity contribution in [3.8, 4) is 5.75 Å². The molecule has 0 spiro atoms. The number of hydrogen-bond donors (Lipinski definition) is 2. The lowest BCUT2D eigenvalue weighted by atomic mass is 10.1. The van der Waals surface area contributed by atoms with Crippen molar-refractivity contribution in [2.45, 2.75) is 26.2 Å². The fraction of sp³-hybridized carbons (Fsp3) is 0.316. The van der Waals surface area contributed by atoms with E-state index < -0.39 is 11.7 Å². The molecule has 2 amide bonds. The van der Waals surface area contributed by atoms with Gasteiger partial charge in [0, 0.05) is 30.6 Å². The molecule has 0 unspecified atom stereocenters. The van der Waals surface area contributed by atoms with E-state index in [0.717, 1.165) is 6.07 Å². The molecule has 9 heteroatoms. The number of rotatable bonds is 9. The zero-order chi connectivity index (χ0) is 20.7. The highest BCUT2D eigenvalue weighted by Crippen LogP contribution is 2.20. The van der Waals surface area contributed by atoms with Crippen LogP contribution in [0.25, 0.3) is 0 Å². The lowest BCUT2D eigenvalue weighted by Gasteiger charge is -2.10. The van der Waals surface area contributed by atoms with E-state index in [2.05, 4.69) is 22.4 Å². The fourth-order valence-electron chi connectivity index (χ4n) is 2.25. The summed E-state index contributed by atoms with van der Waals surface area (Å²) in [6.45, 7) is 7.52. The molecule has 28 heavy (non-hydrogen) atoms. The second-order valence-corrected chi connectivity index (χ2v) is 6.69. The molecule has 2 N–H and O–H groups in total. The molecule has 0 radical (unpaired) electrons. The molecule has 2 aromatic rings. The summed E-state index contributed by atoms with van der Waals surface area (Å²) in [7, 11) is 0. The first kappa shape index (κ1) is 21.4. The van der Waals surface area contributed by atoms with Crippen molar-refractivity contribution in [2.75, 3.05) is 13.2 Å². The third-order valence-corrected chi connectivity index (χ3v) is 3.97. The summed E-state index contributed by atoms with van der Waals surface area (Å²) in [6, 6.07) is 3.91. The standard InChI is InChI=1S/C19H21ClFN3O4/c1-11(2)18-14(9-23-28-18)19(26)24-12(3)6-7-22-17(25)10-27-13-4-5-15(20)16(21)8-13/h4-5,8-9,11H,3,6-7,10H2,1-2H3,(H,22,25)(H,24,26). The minimum Gasteiger partial charge on any atom is -0.484 e. The van der Waals surface area contributed by atoms with Crippen molar-refractivity contribution in [1.82, 2.24) is 15.8 Å². The van der Waals surface area contributed by atoms with Crippen LogP contribution in [0, 0.1) is 5.82 Å². The fourth-order valence-corrected chi connectivity index (χ4v) is 2.36. The smallest absolute Gasteiger partial charge is 0.260 e. The Morgan fingerprint density at radius 3 is 2.82 bits per heavy atom. The van der Waals surface area contributed by atoms with Crippen LogP contribution in [-0.4, -0.2) is 30.1 Å².